The highest BCUT2D eigenvalue weighted by molar-refractivity contribution is 7.98. The summed E-state index contributed by atoms with van der Waals surface area (Å²) in [7, 11) is 0. The lowest BCUT2D eigenvalue weighted by atomic mass is 10.2. The molecule has 0 saturated heterocycles. The third-order valence-corrected chi connectivity index (χ3v) is 3.74. The van der Waals surface area contributed by atoms with Gasteiger partial charge in [-0.25, -0.2) is 0 Å². The van der Waals surface area contributed by atoms with Crippen molar-refractivity contribution in [3.63, 3.8) is 0 Å². The molecular formula is C15H22N2S. The van der Waals surface area contributed by atoms with E-state index in [1.807, 2.05) is 11.8 Å². The minimum absolute atomic E-state index is 0.969. The van der Waals surface area contributed by atoms with Crippen LogP contribution in [0.4, 0.5) is 0 Å². The Morgan fingerprint density at radius 3 is 2.89 bits per heavy atom. The number of nitrogens with one attached hydrogen (secondary N) is 1. The van der Waals surface area contributed by atoms with Crippen LogP contribution in [0.3, 0.4) is 0 Å². The van der Waals surface area contributed by atoms with Gasteiger partial charge in [0, 0.05) is 30.1 Å². The topological polar surface area (TPSA) is 17.0 Å². The Hall–Kier alpha value is -0.930. The van der Waals surface area contributed by atoms with Crippen molar-refractivity contribution >= 4 is 22.7 Å². The molecule has 2 nitrogen and oxygen atoms in total. The normalized spacial score (nSPS) is 11.2. The summed E-state index contributed by atoms with van der Waals surface area (Å²) in [5.74, 6) is 1.17. The predicted molar refractivity (Wildman–Crippen MR) is 82.3 cm³/mol. The maximum absolute atomic E-state index is 3.50. The molecule has 1 N–H and O–H groups in total. The van der Waals surface area contributed by atoms with Crippen LogP contribution in [0.5, 0.6) is 0 Å². The lowest BCUT2D eigenvalue weighted by Gasteiger charge is -2.10. The van der Waals surface area contributed by atoms with Crippen molar-refractivity contribution in [1.82, 2.24) is 9.88 Å². The highest BCUT2D eigenvalue weighted by atomic mass is 32.2. The van der Waals surface area contributed by atoms with Gasteiger partial charge in [-0.05, 0) is 36.7 Å². The summed E-state index contributed by atoms with van der Waals surface area (Å²) in [6.45, 7) is 5.36. The first-order valence-corrected chi connectivity index (χ1v) is 8.03. The summed E-state index contributed by atoms with van der Waals surface area (Å²) in [6.07, 6.45) is 3.35. The second-order valence-corrected chi connectivity index (χ2v) is 5.50. The Morgan fingerprint density at radius 2 is 2.11 bits per heavy atom. The molecule has 1 heterocycles. The van der Waals surface area contributed by atoms with Gasteiger partial charge in [0.25, 0.3) is 0 Å². The quantitative estimate of drug-likeness (QED) is 0.769. The molecule has 0 unspecified atom stereocenters. The highest BCUT2D eigenvalue weighted by Gasteiger charge is 2.07. The van der Waals surface area contributed by atoms with E-state index >= 15 is 0 Å². The number of para-hydroxylation sites is 1. The maximum Gasteiger partial charge on any atom is 0.0483 e. The Bertz CT molecular complexity index is 490. The maximum atomic E-state index is 3.50. The summed E-state index contributed by atoms with van der Waals surface area (Å²) in [5, 5.41) is 4.86. The molecule has 0 spiro atoms. The fraction of sp³-hybridized carbons (Fsp3) is 0.467. The number of fused-ring (bicyclic) bond motifs is 1. The van der Waals surface area contributed by atoms with Crippen molar-refractivity contribution in [1.29, 1.82) is 0 Å². The van der Waals surface area contributed by atoms with Crippen molar-refractivity contribution in [2.24, 2.45) is 0 Å². The van der Waals surface area contributed by atoms with Gasteiger partial charge in [-0.3, -0.25) is 0 Å². The molecule has 98 valence electrons. The standard InChI is InChI=1S/C15H22N2S/c1-3-8-16-12-14-11-13-6-4-5-7-15(13)17(14)9-10-18-2/h4-7,11,16H,3,8-10,12H2,1-2H3. The number of thioether (sulfide) groups is 1. The molecule has 0 aliphatic heterocycles. The molecule has 0 fully saturated rings. The third-order valence-electron chi connectivity index (χ3n) is 3.15. The van der Waals surface area contributed by atoms with E-state index in [0.717, 1.165) is 19.6 Å². The summed E-state index contributed by atoms with van der Waals surface area (Å²) >= 11 is 1.90. The molecule has 1 aromatic heterocycles. The van der Waals surface area contributed by atoms with Gasteiger partial charge in [0.05, 0.1) is 0 Å². The van der Waals surface area contributed by atoms with E-state index < -0.39 is 0 Å². The van der Waals surface area contributed by atoms with Crippen molar-refractivity contribution in [3.8, 4) is 0 Å². The monoisotopic (exact) mass is 262 g/mol. The van der Waals surface area contributed by atoms with E-state index in [1.54, 1.807) is 0 Å². The molecular weight excluding hydrogens is 240 g/mol. The van der Waals surface area contributed by atoms with Crippen LogP contribution < -0.4 is 5.32 Å². The van der Waals surface area contributed by atoms with E-state index in [4.69, 9.17) is 0 Å². The van der Waals surface area contributed by atoms with Gasteiger partial charge in [-0.2, -0.15) is 11.8 Å². The summed E-state index contributed by atoms with van der Waals surface area (Å²) < 4.78 is 2.45. The molecule has 2 rings (SSSR count). The highest BCUT2D eigenvalue weighted by Crippen LogP contribution is 2.20. The zero-order chi connectivity index (χ0) is 12.8. The van der Waals surface area contributed by atoms with Crippen LogP contribution >= 0.6 is 11.8 Å². The fourth-order valence-electron chi connectivity index (χ4n) is 2.25. The molecule has 0 saturated carbocycles. The van der Waals surface area contributed by atoms with Crippen molar-refractivity contribution in [2.75, 3.05) is 18.6 Å². The van der Waals surface area contributed by atoms with Crippen molar-refractivity contribution < 1.29 is 0 Å². The van der Waals surface area contributed by atoms with Gasteiger partial charge in [0.1, 0.15) is 0 Å². The van der Waals surface area contributed by atoms with Gasteiger partial charge in [0.15, 0.2) is 0 Å². The number of hydrogen-bond donors (Lipinski definition) is 1. The van der Waals surface area contributed by atoms with Gasteiger partial charge < -0.3 is 9.88 Å². The van der Waals surface area contributed by atoms with Gasteiger partial charge in [-0.15, -0.1) is 0 Å². The van der Waals surface area contributed by atoms with Gasteiger partial charge in [0.2, 0.25) is 0 Å². The summed E-state index contributed by atoms with van der Waals surface area (Å²) in [6, 6.07) is 11.0. The molecule has 0 amide bonds. The number of aryl methyl sites for hydroxylation is 1. The molecule has 0 bridgehead atoms. The van der Waals surface area contributed by atoms with Crippen LogP contribution in [-0.4, -0.2) is 23.1 Å². The predicted octanol–water partition coefficient (Wildman–Crippen LogP) is 3.50. The molecule has 2 aromatic rings. The average Bonchev–Trinajstić information content (AvgIpc) is 2.74. The van der Waals surface area contributed by atoms with Crippen LogP contribution in [0.15, 0.2) is 30.3 Å². The summed E-state index contributed by atoms with van der Waals surface area (Å²) in [4.78, 5) is 0. The van der Waals surface area contributed by atoms with Crippen LogP contribution in [0.1, 0.15) is 19.0 Å². The number of aromatic nitrogens is 1. The largest absolute Gasteiger partial charge is 0.342 e. The molecule has 0 radical (unpaired) electrons. The molecule has 0 atom stereocenters. The second-order valence-electron chi connectivity index (χ2n) is 4.52. The smallest absolute Gasteiger partial charge is 0.0483 e. The van der Waals surface area contributed by atoms with Crippen LogP contribution in [-0.2, 0) is 13.1 Å². The SMILES string of the molecule is CCCNCc1cc2ccccc2n1CCSC. The van der Waals surface area contributed by atoms with Crippen molar-refractivity contribution in [3.05, 3.63) is 36.0 Å². The first kappa shape index (κ1) is 13.5. The Balaban J connectivity index is 2.25. The lowest BCUT2D eigenvalue weighted by Crippen LogP contribution is -2.17. The molecule has 18 heavy (non-hydrogen) atoms. The second kappa shape index (κ2) is 6.86. The average molecular weight is 262 g/mol. The number of benzene rings is 1. The summed E-state index contributed by atoms with van der Waals surface area (Å²) in [5.41, 5.74) is 2.76. The van der Waals surface area contributed by atoms with Crippen LogP contribution in [0.2, 0.25) is 0 Å². The Morgan fingerprint density at radius 1 is 1.28 bits per heavy atom. The molecule has 0 aliphatic carbocycles. The van der Waals surface area contributed by atoms with E-state index in [9.17, 15) is 0 Å². The van der Waals surface area contributed by atoms with E-state index in [0.29, 0.717) is 0 Å². The van der Waals surface area contributed by atoms with Gasteiger partial charge >= 0.3 is 0 Å². The van der Waals surface area contributed by atoms with Gasteiger partial charge in [-0.1, -0.05) is 25.1 Å². The Kier molecular flexibility index (Phi) is 5.14. The van der Waals surface area contributed by atoms with E-state index in [1.165, 1.54) is 28.8 Å². The first-order chi connectivity index (χ1) is 8.86. The molecule has 1 aromatic carbocycles. The number of rotatable bonds is 7. The Labute approximate surface area is 114 Å². The van der Waals surface area contributed by atoms with Crippen LogP contribution in [0.25, 0.3) is 10.9 Å². The van der Waals surface area contributed by atoms with Crippen molar-refractivity contribution in [2.45, 2.75) is 26.4 Å². The lowest BCUT2D eigenvalue weighted by molar-refractivity contribution is 0.632. The molecule has 3 heteroatoms. The molecule has 0 aliphatic rings. The zero-order valence-electron chi connectivity index (χ0n) is 11.3. The van der Waals surface area contributed by atoms with E-state index in [2.05, 4.69) is 53.4 Å². The minimum Gasteiger partial charge on any atom is -0.342 e. The zero-order valence-corrected chi connectivity index (χ0v) is 12.1. The first-order valence-electron chi connectivity index (χ1n) is 6.63. The minimum atomic E-state index is 0.969. The fourth-order valence-corrected chi connectivity index (χ4v) is 2.62. The van der Waals surface area contributed by atoms with Crippen LogP contribution in [0, 0.1) is 0 Å². The third kappa shape index (κ3) is 3.09. The number of nitrogens with zero attached hydrogens (tertiary/aromatic N) is 1. The van der Waals surface area contributed by atoms with E-state index in [-0.39, 0.29) is 0 Å². The number of hydrogen-bond acceptors (Lipinski definition) is 2.